The first-order valence-electron chi connectivity index (χ1n) is 4.94. The zero-order chi connectivity index (χ0) is 10.4. The molecule has 3 heteroatoms. The fraction of sp³-hybridized carbons (Fsp3) is 0.900. The molecule has 0 aromatic carbocycles. The van der Waals surface area contributed by atoms with Gasteiger partial charge in [0.2, 0.25) is 5.91 Å². The van der Waals surface area contributed by atoms with E-state index in [-0.39, 0.29) is 30.4 Å². The predicted octanol–water partition coefficient (Wildman–Crippen LogP) is 1.17. The van der Waals surface area contributed by atoms with Gasteiger partial charge in [0.1, 0.15) is 0 Å². The Morgan fingerprint density at radius 1 is 1.38 bits per heavy atom. The average molecular weight is 187 g/mol. The largest absolute Gasteiger partial charge is 0.394 e. The molecule has 0 saturated heterocycles. The van der Waals surface area contributed by atoms with Crippen LogP contribution in [0.4, 0.5) is 0 Å². The summed E-state index contributed by atoms with van der Waals surface area (Å²) in [6.45, 7) is 7.85. The fourth-order valence-corrected chi connectivity index (χ4v) is 0.934. The van der Waals surface area contributed by atoms with E-state index < -0.39 is 0 Å². The van der Waals surface area contributed by atoms with Crippen molar-refractivity contribution in [2.75, 3.05) is 6.61 Å². The maximum atomic E-state index is 11.4. The minimum absolute atomic E-state index is 0.0137. The summed E-state index contributed by atoms with van der Waals surface area (Å²) >= 11 is 0. The van der Waals surface area contributed by atoms with Gasteiger partial charge in [0.15, 0.2) is 0 Å². The number of hydrogen-bond acceptors (Lipinski definition) is 2. The summed E-state index contributed by atoms with van der Waals surface area (Å²) in [5.41, 5.74) is 0. The molecule has 0 fully saturated rings. The van der Waals surface area contributed by atoms with Gasteiger partial charge in [0.25, 0.3) is 0 Å². The van der Waals surface area contributed by atoms with Gasteiger partial charge in [0.05, 0.1) is 12.6 Å². The Morgan fingerprint density at radius 3 is 2.23 bits per heavy atom. The topological polar surface area (TPSA) is 49.3 Å². The van der Waals surface area contributed by atoms with Crippen molar-refractivity contribution in [3.63, 3.8) is 0 Å². The summed E-state index contributed by atoms with van der Waals surface area (Å²) in [6.07, 6.45) is 0.835. The van der Waals surface area contributed by atoms with Gasteiger partial charge in [-0.2, -0.15) is 0 Å². The Balaban J connectivity index is 4.01. The standard InChI is InChI=1S/C10H21NO2/c1-5-8(4)10(13)11-9(6-12)7(2)3/h7-9,12H,5-6H2,1-4H3,(H,11,13). The molecular formula is C10H21NO2. The second-order valence-electron chi connectivity index (χ2n) is 3.85. The van der Waals surface area contributed by atoms with Crippen LogP contribution in [-0.4, -0.2) is 23.7 Å². The van der Waals surface area contributed by atoms with E-state index in [1.54, 1.807) is 0 Å². The number of amides is 1. The van der Waals surface area contributed by atoms with Gasteiger partial charge < -0.3 is 10.4 Å². The number of hydrogen-bond donors (Lipinski definition) is 2. The van der Waals surface area contributed by atoms with Crippen LogP contribution in [0.5, 0.6) is 0 Å². The van der Waals surface area contributed by atoms with Crippen molar-refractivity contribution in [1.82, 2.24) is 5.32 Å². The van der Waals surface area contributed by atoms with Gasteiger partial charge in [0, 0.05) is 5.92 Å². The molecule has 2 unspecified atom stereocenters. The van der Waals surface area contributed by atoms with Crippen molar-refractivity contribution in [2.45, 2.75) is 40.2 Å². The molecule has 1 amide bonds. The summed E-state index contributed by atoms with van der Waals surface area (Å²) < 4.78 is 0. The minimum atomic E-state index is -0.110. The van der Waals surface area contributed by atoms with Gasteiger partial charge in [-0.1, -0.05) is 27.7 Å². The summed E-state index contributed by atoms with van der Waals surface area (Å²) in [5.74, 6) is 0.348. The Hall–Kier alpha value is -0.570. The van der Waals surface area contributed by atoms with E-state index in [4.69, 9.17) is 5.11 Å². The van der Waals surface area contributed by atoms with Gasteiger partial charge in [-0.05, 0) is 12.3 Å². The van der Waals surface area contributed by atoms with Crippen LogP contribution in [0.25, 0.3) is 0 Å². The molecular weight excluding hydrogens is 166 g/mol. The highest BCUT2D eigenvalue weighted by molar-refractivity contribution is 5.78. The third-order valence-corrected chi connectivity index (χ3v) is 2.39. The average Bonchev–Trinajstić information content (AvgIpc) is 2.11. The summed E-state index contributed by atoms with van der Waals surface area (Å²) in [4.78, 5) is 11.4. The van der Waals surface area contributed by atoms with Crippen LogP contribution in [0.2, 0.25) is 0 Å². The maximum Gasteiger partial charge on any atom is 0.223 e. The van der Waals surface area contributed by atoms with Crippen LogP contribution >= 0.6 is 0 Å². The molecule has 0 aliphatic carbocycles. The van der Waals surface area contributed by atoms with Crippen molar-refractivity contribution in [3.8, 4) is 0 Å². The summed E-state index contributed by atoms with van der Waals surface area (Å²) in [7, 11) is 0. The van der Waals surface area contributed by atoms with Crippen molar-refractivity contribution < 1.29 is 9.90 Å². The zero-order valence-corrected chi connectivity index (χ0v) is 9.00. The molecule has 0 aliphatic rings. The lowest BCUT2D eigenvalue weighted by Crippen LogP contribution is -2.43. The molecule has 0 spiro atoms. The number of carbonyl (C=O) groups excluding carboxylic acids is 1. The Morgan fingerprint density at radius 2 is 1.92 bits per heavy atom. The second kappa shape index (κ2) is 5.97. The molecule has 2 N–H and O–H groups in total. The van der Waals surface area contributed by atoms with Crippen LogP contribution in [0, 0.1) is 11.8 Å². The molecule has 0 aromatic rings. The third kappa shape index (κ3) is 4.27. The van der Waals surface area contributed by atoms with E-state index in [9.17, 15) is 4.79 Å². The number of carbonyl (C=O) groups is 1. The lowest BCUT2D eigenvalue weighted by atomic mass is 10.0. The van der Waals surface area contributed by atoms with Crippen molar-refractivity contribution >= 4 is 5.91 Å². The molecule has 0 heterocycles. The minimum Gasteiger partial charge on any atom is -0.394 e. The molecule has 0 aromatic heterocycles. The van der Waals surface area contributed by atoms with Crippen LogP contribution < -0.4 is 5.32 Å². The summed E-state index contributed by atoms with van der Waals surface area (Å²) in [6, 6.07) is -0.110. The number of rotatable bonds is 5. The van der Waals surface area contributed by atoms with E-state index in [1.807, 2.05) is 27.7 Å². The molecule has 78 valence electrons. The monoisotopic (exact) mass is 187 g/mol. The molecule has 2 atom stereocenters. The first-order valence-corrected chi connectivity index (χ1v) is 4.94. The highest BCUT2D eigenvalue weighted by Gasteiger charge is 2.17. The Labute approximate surface area is 80.5 Å². The van der Waals surface area contributed by atoms with Gasteiger partial charge >= 0.3 is 0 Å². The van der Waals surface area contributed by atoms with E-state index in [1.165, 1.54) is 0 Å². The highest BCUT2D eigenvalue weighted by atomic mass is 16.3. The number of aliphatic hydroxyl groups excluding tert-OH is 1. The second-order valence-corrected chi connectivity index (χ2v) is 3.85. The van der Waals surface area contributed by atoms with Crippen molar-refractivity contribution in [3.05, 3.63) is 0 Å². The number of aliphatic hydroxyl groups is 1. The van der Waals surface area contributed by atoms with Gasteiger partial charge in [-0.15, -0.1) is 0 Å². The van der Waals surface area contributed by atoms with Crippen molar-refractivity contribution in [2.24, 2.45) is 11.8 Å². The Bertz CT molecular complexity index is 157. The smallest absolute Gasteiger partial charge is 0.223 e. The van der Waals surface area contributed by atoms with E-state index in [2.05, 4.69) is 5.32 Å². The van der Waals surface area contributed by atoms with E-state index in [0.717, 1.165) is 6.42 Å². The van der Waals surface area contributed by atoms with Gasteiger partial charge in [-0.25, -0.2) is 0 Å². The lowest BCUT2D eigenvalue weighted by Gasteiger charge is -2.21. The fourth-order valence-electron chi connectivity index (χ4n) is 0.934. The molecule has 0 rings (SSSR count). The molecule has 3 nitrogen and oxygen atoms in total. The SMILES string of the molecule is CCC(C)C(=O)NC(CO)C(C)C. The van der Waals surface area contributed by atoms with E-state index in [0.29, 0.717) is 0 Å². The highest BCUT2D eigenvalue weighted by Crippen LogP contribution is 2.04. The molecule has 0 saturated carbocycles. The zero-order valence-electron chi connectivity index (χ0n) is 9.00. The van der Waals surface area contributed by atoms with E-state index >= 15 is 0 Å². The first kappa shape index (κ1) is 12.4. The van der Waals surface area contributed by atoms with Crippen molar-refractivity contribution in [1.29, 1.82) is 0 Å². The molecule has 0 bridgehead atoms. The van der Waals surface area contributed by atoms with Crippen LogP contribution in [-0.2, 0) is 4.79 Å². The Kier molecular flexibility index (Phi) is 5.71. The quantitative estimate of drug-likeness (QED) is 0.678. The molecule has 0 radical (unpaired) electrons. The molecule has 13 heavy (non-hydrogen) atoms. The normalized spacial score (nSPS) is 15.5. The number of nitrogens with one attached hydrogen (secondary N) is 1. The predicted molar refractivity (Wildman–Crippen MR) is 53.3 cm³/mol. The first-order chi connectivity index (χ1) is 6.02. The third-order valence-electron chi connectivity index (χ3n) is 2.39. The van der Waals surface area contributed by atoms with Crippen LogP contribution in [0.15, 0.2) is 0 Å². The molecule has 0 aliphatic heterocycles. The lowest BCUT2D eigenvalue weighted by molar-refractivity contribution is -0.126. The van der Waals surface area contributed by atoms with Crippen LogP contribution in [0.3, 0.4) is 0 Å². The van der Waals surface area contributed by atoms with Gasteiger partial charge in [-0.3, -0.25) is 4.79 Å². The maximum absolute atomic E-state index is 11.4. The van der Waals surface area contributed by atoms with Crippen LogP contribution in [0.1, 0.15) is 34.1 Å². The summed E-state index contributed by atoms with van der Waals surface area (Å²) in [5, 5.41) is 11.8.